The summed E-state index contributed by atoms with van der Waals surface area (Å²) in [6.07, 6.45) is 4.83. The van der Waals surface area contributed by atoms with Crippen molar-refractivity contribution in [1.82, 2.24) is 19.6 Å². The third-order valence-corrected chi connectivity index (χ3v) is 8.77. The van der Waals surface area contributed by atoms with Gasteiger partial charge in [-0.3, -0.25) is 19.2 Å². The Bertz CT molecular complexity index is 1640. The van der Waals surface area contributed by atoms with Crippen LogP contribution in [0.2, 0.25) is 0 Å². The van der Waals surface area contributed by atoms with Gasteiger partial charge in [0, 0.05) is 43.5 Å². The van der Waals surface area contributed by atoms with E-state index in [4.69, 9.17) is 4.99 Å². The van der Waals surface area contributed by atoms with E-state index in [1.165, 1.54) is 0 Å². The molecule has 1 saturated heterocycles. The van der Waals surface area contributed by atoms with Crippen molar-refractivity contribution >= 4 is 28.6 Å². The van der Waals surface area contributed by atoms with Gasteiger partial charge in [-0.05, 0) is 60.9 Å². The molecule has 1 saturated carbocycles. The minimum absolute atomic E-state index is 0.00762. The summed E-state index contributed by atoms with van der Waals surface area (Å²) in [5.41, 5.74) is 4.14. The van der Waals surface area contributed by atoms with Crippen LogP contribution >= 0.6 is 0 Å². The van der Waals surface area contributed by atoms with Crippen LogP contribution in [0.4, 0.5) is 0 Å². The number of rotatable bonds is 6. The molecule has 3 heterocycles. The van der Waals surface area contributed by atoms with Gasteiger partial charge in [-0.1, -0.05) is 60.7 Å². The molecule has 2 fully saturated rings. The van der Waals surface area contributed by atoms with E-state index >= 15 is 0 Å². The van der Waals surface area contributed by atoms with Crippen LogP contribution in [0.3, 0.4) is 0 Å². The minimum atomic E-state index is -0.983. The second-order valence-electron chi connectivity index (χ2n) is 11.6. The molecule has 7 nitrogen and oxygen atoms in total. The molecule has 3 aliphatic rings. The van der Waals surface area contributed by atoms with Crippen molar-refractivity contribution in [2.75, 3.05) is 19.6 Å². The van der Waals surface area contributed by atoms with E-state index in [-0.39, 0.29) is 17.7 Å². The highest BCUT2D eigenvalue weighted by Gasteiger charge is 2.47. The van der Waals surface area contributed by atoms with Crippen molar-refractivity contribution in [2.24, 2.45) is 23.9 Å². The average Bonchev–Trinajstić information content (AvgIpc) is 3.55. The first kappa shape index (κ1) is 24.8. The smallest absolute Gasteiger partial charge is 0.260 e. The fourth-order valence-corrected chi connectivity index (χ4v) is 6.20. The first-order valence-electron chi connectivity index (χ1n) is 14.2. The lowest BCUT2D eigenvalue weighted by Crippen LogP contribution is -2.43. The molecule has 202 valence electrons. The summed E-state index contributed by atoms with van der Waals surface area (Å²) in [5, 5.41) is 5.46. The minimum Gasteiger partial charge on any atom is -0.342 e. The van der Waals surface area contributed by atoms with Crippen molar-refractivity contribution in [3.05, 3.63) is 90.1 Å². The summed E-state index contributed by atoms with van der Waals surface area (Å²) in [5.74, 6) is 1.45. The molecule has 7 rings (SSSR count). The van der Waals surface area contributed by atoms with E-state index < -0.39 is 5.54 Å². The molecule has 2 aliphatic heterocycles. The van der Waals surface area contributed by atoms with Crippen LogP contribution in [0.25, 0.3) is 22.0 Å². The van der Waals surface area contributed by atoms with E-state index in [9.17, 15) is 9.59 Å². The molecule has 2 amide bonds. The summed E-state index contributed by atoms with van der Waals surface area (Å²) in [7, 11) is 1.95. The monoisotopic (exact) mass is 531 g/mol. The number of hydrogen-bond acceptors (Lipinski definition) is 4. The molecular weight excluding hydrogens is 498 g/mol. The molecule has 4 aromatic rings. The van der Waals surface area contributed by atoms with Gasteiger partial charge in [-0.15, -0.1) is 0 Å². The molecule has 3 aromatic carbocycles. The van der Waals surface area contributed by atoms with E-state index in [0.717, 1.165) is 59.0 Å². The lowest BCUT2D eigenvalue weighted by atomic mass is 9.92. The maximum absolute atomic E-state index is 14.1. The van der Waals surface area contributed by atoms with Crippen molar-refractivity contribution in [3.8, 4) is 11.1 Å². The number of likely N-dealkylation sites (tertiary alicyclic amines) is 1. The lowest BCUT2D eigenvalue weighted by molar-refractivity contribution is -0.131. The fraction of sp³-hybridized carbons (Fsp3) is 0.333. The molecule has 2 atom stereocenters. The van der Waals surface area contributed by atoms with Crippen molar-refractivity contribution in [3.63, 3.8) is 0 Å². The Balaban J connectivity index is 1.19. The van der Waals surface area contributed by atoms with Gasteiger partial charge in [0.05, 0.1) is 11.7 Å². The zero-order chi connectivity index (χ0) is 27.4. The standard InChI is InChI=1S/C33H33N5O2/c1-33(28-6-4-3-5-7-28)32(40)38(21-22-16-17-37(20-22)31(39)25-12-13-25)30(35-33)24-10-8-23(9-11-24)26-14-15-29-27(18-26)19-34-36(29)2/h3-11,14-15,18-19,22,25H,12-13,16-17,20-21H2,1-2H3/t22-,33+/m1/s1. The number of amidine groups is 1. The maximum atomic E-state index is 14.1. The Morgan fingerprint density at radius 3 is 2.42 bits per heavy atom. The van der Waals surface area contributed by atoms with Crippen LogP contribution in [0.1, 0.15) is 37.3 Å². The number of benzene rings is 3. The largest absolute Gasteiger partial charge is 0.342 e. The molecule has 0 bridgehead atoms. The number of aliphatic imine (C=N–C) groups is 1. The Morgan fingerprint density at radius 1 is 0.950 bits per heavy atom. The fourth-order valence-electron chi connectivity index (χ4n) is 6.20. The highest BCUT2D eigenvalue weighted by molar-refractivity contribution is 6.15. The Morgan fingerprint density at radius 2 is 1.68 bits per heavy atom. The maximum Gasteiger partial charge on any atom is 0.260 e. The van der Waals surface area contributed by atoms with Gasteiger partial charge in [0.15, 0.2) is 5.54 Å². The topological polar surface area (TPSA) is 70.8 Å². The van der Waals surface area contributed by atoms with Gasteiger partial charge in [0.2, 0.25) is 5.91 Å². The number of carbonyl (C=O) groups excluding carboxylic acids is 2. The number of fused-ring (bicyclic) bond motifs is 1. The zero-order valence-electron chi connectivity index (χ0n) is 23.0. The van der Waals surface area contributed by atoms with E-state index in [1.807, 2.05) is 65.0 Å². The molecule has 0 N–H and O–H groups in total. The number of aromatic nitrogens is 2. The first-order chi connectivity index (χ1) is 19.4. The highest BCUT2D eigenvalue weighted by atomic mass is 16.2. The third-order valence-electron chi connectivity index (χ3n) is 8.77. The number of aryl methyl sites for hydroxylation is 1. The van der Waals surface area contributed by atoms with Gasteiger partial charge in [-0.2, -0.15) is 5.10 Å². The predicted octanol–water partition coefficient (Wildman–Crippen LogP) is 5.00. The normalized spacial score (nSPS) is 22.8. The van der Waals surface area contributed by atoms with Gasteiger partial charge in [0.1, 0.15) is 5.84 Å². The number of hydrogen-bond donors (Lipinski definition) is 0. The van der Waals surface area contributed by atoms with Crippen LogP contribution in [0, 0.1) is 11.8 Å². The Labute approximate surface area is 234 Å². The average molecular weight is 532 g/mol. The number of amides is 2. The Kier molecular flexibility index (Phi) is 5.84. The highest BCUT2D eigenvalue weighted by Crippen LogP contribution is 2.37. The molecule has 7 heteroatoms. The van der Waals surface area contributed by atoms with Gasteiger partial charge < -0.3 is 4.90 Å². The molecule has 0 radical (unpaired) electrons. The molecule has 40 heavy (non-hydrogen) atoms. The zero-order valence-corrected chi connectivity index (χ0v) is 23.0. The van der Waals surface area contributed by atoms with E-state index in [0.29, 0.717) is 24.8 Å². The van der Waals surface area contributed by atoms with Gasteiger partial charge >= 0.3 is 0 Å². The van der Waals surface area contributed by atoms with Crippen LogP contribution in [0.15, 0.2) is 84.0 Å². The van der Waals surface area contributed by atoms with Crippen LogP contribution < -0.4 is 0 Å². The van der Waals surface area contributed by atoms with Crippen LogP contribution in [-0.2, 0) is 22.2 Å². The molecule has 1 aliphatic carbocycles. The van der Waals surface area contributed by atoms with E-state index in [2.05, 4.69) is 47.6 Å². The van der Waals surface area contributed by atoms with Gasteiger partial charge in [0.25, 0.3) is 5.91 Å². The lowest BCUT2D eigenvalue weighted by Gasteiger charge is -2.26. The van der Waals surface area contributed by atoms with Gasteiger partial charge in [-0.25, -0.2) is 4.99 Å². The molecule has 1 aromatic heterocycles. The van der Waals surface area contributed by atoms with Crippen molar-refractivity contribution in [1.29, 1.82) is 0 Å². The number of nitrogens with zero attached hydrogens (tertiary/aromatic N) is 5. The van der Waals surface area contributed by atoms with Crippen molar-refractivity contribution < 1.29 is 9.59 Å². The third kappa shape index (κ3) is 4.21. The summed E-state index contributed by atoms with van der Waals surface area (Å²) in [4.78, 5) is 35.7. The molecular formula is C33H33N5O2. The SMILES string of the molecule is Cn1ncc2cc(-c3ccc(C4=N[C@@](C)(c5ccccc5)C(=O)N4C[C@@H]4CCN(C(=O)C5CC5)C4)cc3)ccc21. The second kappa shape index (κ2) is 9.44. The summed E-state index contributed by atoms with van der Waals surface area (Å²) in [6.45, 7) is 3.97. The van der Waals surface area contributed by atoms with Crippen LogP contribution in [-0.4, -0.2) is 56.9 Å². The summed E-state index contributed by atoms with van der Waals surface area (Å²) < 4.78 is 1.88. The van der Waals surface area contributed by atoms with Crippen molar-refractivity contribution in [2.45, 2.75) is 31.7 Å². The van der Waals surface area contributed by atoms with E-state index in [1.54, 1.807) is 0 Å². The first-order valence-corrected chi connectivity index (χ1v) is 14.2. The summed E-state index contributed by atoms with van der Waals surface area (Å²) >= 11 is 0. The Hall–Kier alpha value is -4.26. The quantitative estimate of drug-likeness (QED) is 0.352. The number of carbonyl (C=O) groups is 2. The van der Waals surface area contributed by atoms with Crippen LogP contribution in [0.5, 0.6) is 0 Å². The summed E-state index contributed by atoms with van der Waals surface area (Å²) in [6, 6.07) is 24.5. The predicted molar refractivity (Wildman–Crippen MR) is 156 cm³/mol. The second-order valence-corrected chi connectivity index (χ2v) is 11.6. The molecule has 0 unspecified atom stereocenters. The molecule has 0 spiro atoms.